The zero-order valence-electron chi connectivity index (χ0n) is 35.8. The molecule has 2 heterocycles. The normalized spacial score (nSPS) is 21.4. The quantitative estimate of drug-likeness (QED) is 0.119. The number of alkyl carbamates (subject to hydrolysis) is 1. The molecule has 5 atom stereocenters. The van der Waals surface area contributed by atoms with E-state index in [1.807, 2.05) is 36.4 Å². The largest absolute Gasteiger partial charge is 0.497 e. The standard InChI is InChI=1S/C46H49N7O10S/c1-6-29-24-46(29,48)42(57)53(64(59,60)32-15-11-8-12-16-32)40(55)37-22-31(62-38-23-34(28-13-9-7-10-14-28)50-35-21-30(61-5)17-18-33(35)38)26-52(37)39(54)36(51-43(58)63-44(2,3)4)25-49-41(56)45(27-47)19-20-45/h6-18,21,23,29,31,36-37H,1,19-20,22,24-26,48H2,2-5H3,(H,49,56)(H,51,58)/t29-,31?,36+,37+,46-/m1/s1. The summed E-state index contributed by atoms with van der Waals surface area (Å²) in [7, 11) is -3.44. The van der Waals surface area contributed by atoms with E-state index in [0.29, 0.717) is 40.9 Å². The maximum atomic E-state index is 15.1. The van der Waals surface area contributed by atoms with Crippen LogP contribution in [0.1, 0.15) is 46.5 Å². The van der Waals surface area contributed by atoms with Gasteiger partial charge in [0.15, 0.2) is 0 Å². The molecule has 2 aliphatic carbocycles. The van der Waals surface area contributed by atoms with Gasteiger partial charge in [-0.1, -0.05) is 54.6 Å². The smallest absolute Gasteiger partial charge is 0.408 e. The molecule has 17 nitrogen and oxygen atoms in total. The van der Waals surface area contributed by atoms with E-state index < -0.39 is 87.0 Å². The Morgan fingerprint density at radius 3 is 2.31 bits per heavy atom. The number of likely N-dealkylation sites (tertiary alicyclic amines) is 1. The Kier molecular flexibility index (Phi) is 12.3. The summed E-state index contributed by atoms with van der Waals surface area (Å²) in [5, 5.41) is 15.3. The van der Waals surface area contributed by atoms with Crippen LogP contribution < -0.4 is 25.8 Å². The predicted molar refractivity (Wildman–Crippen MR) is 232 cm³/mol. The molecular weight excluding hydrogens is 843 g/mol. The van der Waals surface area contributed by atoms with E-state index in [0.717, 1.165) is 10.5 Å². The number of nitrogens with zero attached hydrogens (tertiary/aromatic N) is 4. The zero-order valence-corrected chi connectivity index (χ0v) is 36.6. The van der Waals surface area contributed by atoms with Gasteiger partial charge < -0.3 is 35.5 Å². The molecule has 64 heavy (non-hydrogen) atoms. The lowest BCUT2D eigenvalue weighted by Crippen LogP contribution is -2.60. The van der Waals surface area contributed by atoms with Gasteiger partial charge in [-0.15, -0.1) is 6.58 Å². The van der Waals surface area contributed by atoms with Crippen LogP contribution in [-0.2, 0) is 33.9 Å². The second-order valence-corrected chi connectivity index (χ2v) is 18.9. The zero-order chi connectivity index (χ0) is 46.2. The molecule has 5 amide bonds. The van der Waals surface area contributed by atoms with Crippen LogP contribution >= 0.6 is 0 Å². The highest BCUT2D eigenvalue weighted by Gasteiger charge is 2.61. The Hall–Kier alpha value is -6.84. The molecule has 1 aromatic heterocycles. The number of nitrogens with two attached hydrogens (primary N) is 1. The van der Waals surface area contributed by atoms with Crippen molar-refractivity contribution in [3.8, 4) is 28.8 Å². The molecule has 2 saturated carbocycles. The minimum absolute atomic E-state index is 0.0118. The number of ether oxygens (including phenoxy) is 3. The summed E-state index contributed by atoms with van der Waals surface area (Å²) in [6.45, 7) is 7.61. The van der Waals surface area contributed by atoms with Crippen molar-refractivity contribution in [2.45, 2.75) is 80.7 Å². The molecule has 1 unspecified atom stereocenters. The molecule has 1 saturated heterocycles. The van der Waals surface area contributed by atoms with Crippen molar-refractivity contribution in [1.29, 1.82) is 5.26 Å². The SMILES string of the molecule is C=C[C@@H]1C[C@]1(N)C(=O)N(C(=O)[C@@H]1CC(Oc2cc(-c3ccccc3)nc3cc(OC)ccc23)CN1C(=O)[C@H](CNC(=O)C1(C#N)CC1)NC(=O)OC(C)(C)C)S(=O)(=O)c1ccccc1. The molecule has 3 aromatic carbocycles. The van der Waals surface area contributed by atoms with Crippen LogP contribution in [0.3, 0.4) is 0 Å². The Labute approximate surface area is 370 Å². The lowest BCUT2D eigenvalue weighted by Gasteiger charge is -2.32. The van der Waals surface area contributed by atoms with Crippen LogP contribution in [0.5, 0.6) is 11.5 Å². The van der Waals surface area contributed by atoms with Gasteiger partial charge in [0.25, 0.3) is 21.8 Å². The molecular formula is C46H49N7O10S. The number of hydrogen-bond donors (Lipinski definition) is 3. The number of methoxy groups -OCH3 is 1. The molecule has 334 valence electrons. The highest BCUT2D eigenvalue weighted by molar-refractivity contribution is 7.90. The highest BCUT2D eigenvalue weighted by Crippen LogP contribution is 2.46. The lowest BCUT2D eigenvalue weighted by atomic mass is 10.1. The molecule has 4 aromatic rings. The van der Waals surface area contributed by atoms with Gasteiger partial charge in [0.05, 0.1) is 35.8 Å². The monoisotopic (exact) mass is 891 g/mol. The summed E-state index contributed by atoms with van der Waals surface area (Å²) in [5.41, 5.74) is 4.14. The van der Waals surface area contributed by atoms with E-state index in [1.165, 1.54) is 37.5 Å². The highest BCUT2D eigenvalue weighted by atomic mass is 32.2. The summed E-state index contributed by atoms with van der Waals surface area (Å²) in [4.78, 5) is 76.4. The van der Waals surface area contributed by atoms with E-state index in [4.69, 9.17) is 24.9 Å². The maximum absolute atomic E-state index is 15.1. The van der Waals surface area contributed by atoms with Crippen molar-refractivity contribution in [3.63, 3.8) is 0 Å². The van der Waals surface area contributed by atoms with Crippen LogP contribution in [0.15, 0.2) is 102 Å². The van der Waals surface area contributed by atoms with Gasteiger partial charge in [0.2, 0.25) is 11.8 Å². The topological polar surface area (TPSA) is 240 Å². The van der Waals surface area contributed by atoms with Crippen LogP contribution in [0.4, 0.5) is 4.79 Å². The number of pyridine rings is 1. The summed E-state index contributed by atoms with van der Waals surface area (Å²) in [5.74, 6) is -3.95. The molecule has 0 radical (unpaired) electrons. The number of nitriles is 1. The second kappa shape index (κ2) is 17.4. The molecule has 0 spiro atoms. The third kappa shape index (κ3) is 9.13. The van der Waals surface area contributed by atoms with Crippen molar-refractivity contribution in [2.24, 2.45) is 17.1 Å². The van der Waals surface area contributed by atoms with E-state index in [1.54, 1.807) is 51.1 Å². The van der Waals surface area contributed by atoms with Gasteiger partial charge in [-0.2, -0.15) is 9.57 Å². The number of carbonyl (C=O) groups excluding carboxylic acids is 5. The van der Waals surface area contributed by atoms with Crippen LogP contribution in [0.2, 0.25) is 0 Å². The van der Waals surface area contributed by atoms with Crippen molar-refractivity contribution < 1.29 is 46.6 Å². The molecule has 7 rings (SSSR count). The molecule has 4 N–H and O–H groups in total. The summed E-state index contributed by atoms with van der Waals surface area (Å²) >= 11 is 0. The average Bonchev–Trinajstić information content (AvgIpc) is 4.18. The molecule has 18 heteroatoms. The second-order valence-electron chi connectivity index (χ2n) is 17.2. The van der Waals surface area contributed by atoms with Crippen molar-refractivity contribution in [2.75, 3.05) is 20.2 Å². The number of hydrogen-bond acceptors (Lipinski definition) is 13. The Bertz CT molecular complexity index is 2660. The Morgan fingerprint density at radius 2 is 1.72 bits per heavy atom. The first-order valence-corrected chi connectivity index (χ1v) is 22.1. The first kappa shape index (κ1) is 45.2. The first-order valence-electron chi connectivity index (χ1n) is 20.6. The number of sulfonamides is 1. The number of carbonyl (C=O) groups is 5. The number of fused-ring (bicyclic) bond motifs is 1. The summed E-state index contributed by atoms with van der Waals surface area (Å²) in [6, 6.07) is 21.7. The van der Waals surface area contributed by atoms with Gasteiger partial charge >= 0.3 is 6.09 Å². The molecule has 1 aliphatic heterocycles. The van der Waals surface area contributed by atoms with Crippen LogP contribution in [0.25, 0.3) is 22.2 Å². The maximum Gasteiger partial charge on any atom is 0.408 e. The number of imide groups is 1. The van der Waals surface area contributed by atoms with Crippen LogP contribution in [0, 0.1) is 22.7 Å². The minimum atomic E-state index is -4.96. The van der Waals surface area contributed by atoms with Gasteiger partial charge in [-0.25, -0.2) is 18.2 Å². The van der Waals surface area contributed by atoms with Crippen LogP contribution in [-0.4, -0.2) is 102 Å². The molecule has 3 fully saturated rings. The number of benzene rings is 3. The fourth-order valence-electron chi connectivity index (χ4n) is 7.62. The Morgan fingerprint density at radius 1 is 1.05 bits per heavy atom. The van der Waals surface area contributed by atoms with Gasteiger partial charge in [0.1, 0.15) is 46.2 Å². The third-order valence-electron chi connectivity index (χ3n) is 11.4. The van der Waals surface area contributed by atoms with E-state index in [9.17, 15) is 32.9 Å². The molecule has 0 bridgehead atoms. The predicted octanol–water partition coefficient (Wildman–Crippen LogP) is 4.22. The summed E-state index contributed by atoms with van der Waals surface area (Å²) < 4.78 is 46.7. The number of rotatable bonds is 14. The molecule has 3 aliphatic rings. The van der Waals surface area contributed by atoms with Gasteiger partial charge in [0, 0.05) is 42.0 Å². The minimum Gasteiger partial charge on any atom is -0.497 e. The third-order valence-corrected chi connectivity index (χ3v) is 13.1. The van der Waals surface area contributed by atoms with Crippen molar-refractivity contribution >= 4 is 50.6 Å². The van der Waals surface area contributed by atoms with E-state index >= 15 is 4.79 Å². The van der Waals surface area contributed by atoms with E-state index in [2.05, 4.69) is 17.2 Å². The van der Waals surface area contributed by atoms with Gasteiger partial charge in [-0.3, -0.25) is 19.2 Å². The first-order chi connectivity index (χ1) is 30.3. The van der Waals surface area contributed by atoms with Gasteiger partial charge in [-0.05, 0) is 64.3 Å². The fraction of sp³-hybridized carbons (Fsp3) is 0.370. The Balaban J connectivity index is 1.31. The van der Waals surface area contributed by atoms with Crippen molar-refractivity contribution in [1.82, 2.24) is 24.8 Å². The lowest BCUT2D eigenvalue weighted by molar-refractivity contribution is -0.147. The number of nitrogens with one attached hydrogen (secondary N) is 2. The average molecular weight is 892 g/mol. The number of aromatic nitrogens is 1. The number of amides is 5. The van der Waals surface area contributed by atoms with Crippen molar-refractivity contribution in [3.05, 3.63) is 97.6 Å². The van der Waals surface area contributed by atoms with E-state index in [-0.39, 0.29) is 28.6 Å². The fourth-order valence-corrected chi connectivity index (χ4v) is 9.08. The summed E-state index contributed by atoms with van der Waals surface area (Å²) in [6.07, 6.45) is -0.407.